The SMILES string of the molecule is COc1cc2c(c(OC)c1OC)-c1ccc(NNC(=S)N(Cc3cccc(CCc4cccc(CN(C(=S)NNc5ccc6c(cc5=O)C(NC(C)=O)CCc5cc(OC)c(OC)c(OC)c5-6)C56CC7CC(CC(C7)C5)C6)c4)c3)C34CC5CC(CC(C5)C3)C4)c(=O)cc1CCC2. The Bertz CT molecular complexity index is 4090. The number of amides is 1. The normalized spacial score (nSPS) is 24.3. The van der Waals surface area contributed by atoms with Crippen molar-refractivity contribution in [3.63, 3.8) is 0 Å². The van der Waals surface area contributed by atoms with Crippen LogP contribution in [0.1, 0.15) is 147 Å². The molecule has 0 aliphatic heterocycles. The highest BCUT2D eigenvalue weighted by Crippen LogP contribution is 2.60. The number of rotatable bonds is 20. The molecule has 6 aromatic rings. The quantitative estimate of drug-likeness (QED) is 0.0360. The summed E-state index contributed by atoms with van der Waals surface area (Å²) in [5, 5.41) is 4.30. The Morgan fingerprint density at radius 2 is 0.906 bits per heavy atom. The largest absolute Gasteiger partial charge is 0.493 e. The zero-order valence-corrected chi connectivity index (χ0v) is 58.1. The summed E-state index contributed by atoms with van der Waals surface area (Å²) in [6.07, 6.45) is 19.8. The number of thiocarbonyl (C=S) groups is 2. The molecular formula is C78H91N7O9S2. The Kier molecular flexibility index (Phi) is 18.4. The van der Waals surface area contributed by atoms with E-state index >= 15 is 0 Å². The van der Waals surface area contributed by atoms with E-state index in [4.69, 9.17) is 52.9 Å². The molecule has 16 rings (SSSR count). The van der Waals surface area contributed by atoms with Crippen molar-refractivity contribution >= 4 is 51.9 Å². The van der Waals surface area contributed by atoms with Crippen LogP contribution in [0, 0.1) is 35.5 Å². The molecule has 18 heteroatoms. The van der Waals surface area contributed by atoms with Crippen LogP contribution in [0.2, 0.25) is 0 Å². The third kappa shape index (κ3) is 12.6. The first-order valence-electron chi connectivity index (χ1n) is 34.7. The third-order valence-electron chi connectivity index (χ3n) is 22.9. The molecule has 0 spiro atoms. The average Bonchev–Trinajstić information content (AvgIpc) is 0.967. The number of fused-ring (bicyclic) bond motifs is 6. The minimum absolute atomic E-state index is 0.0699. The van der Waals surface area contributed by atoms with Gasteiger partial charge in [0.1, 0.15) is 11.4 Å². The molecule has 0 aromatic heterocycles. The predicted molar refractivity (Wildman–Crippen MR) is 384 cm³/mol. The fourth-order valence-corrected chi connectivity index (χ4v) is 20.3. The maximum absolute atomic E-state index is 14.5. The van der Waals surface area contributed by atoms with Gasteiger partial charge in [0.15, 0.2) is 33.2 Å². The van der Waals surface area contributed by atoms with Gasteiger partial charge in [0, 0.05) is 42.2 Å². The number of aryl methyl sites for hydroxylation is 5. The summed E-state index contributed by atoms with van der Waals surface area (Å²) in [4.78, 5) is 46.5. The van der Waals surface area contributed by atoms with Crippen LogP contribution in [0.3, 0.4) is 0 Å². The number of hydrazine groups is 2. The standard InChI is InChI=1S/C78H91N7O9S2/c1-45(86)79-62-22-19-58-35-68(90-3)72(92-5)74(94-7)70(58)60-21-24-64(66(88)36-61(60)62)81-83-76(96)85(78-40-53-30-54(41-78)32-55(31-53)42-78)44-49-14-9-12-47(26-49)18-17-46-11-8-13-48(25-46)43-84(77-37-50-27-51(38-77)29-52(28-50)39-77)75(95)82-80-63-23-20-59-56(33-65(63)87)15-10-16-57-34-67(89-2)71(91-4)73(93-6)69(57)59/h8-9,11-14,20-21,23-26,33-36,50-55,62H,10,15-19,22,27-32,37-44H2,1-7H3,(H,79,86)(H,80,87)(H,81,88)(H,82,95)(H,83,96). The van der Waals surface area contributed by atoms with Gasteiger partial charge in [0.2, 0.25) is 28.3 Å². The fourth-order valence-electron chi connectivity index (χ4n) is 19.7. The molecule has 6 aromatic carbocycles. The lowest BCUT2D eigenvalue weighted by Gasteiger charge is -2.61. The van der Waals surface area contributed by atoms with Crippen LogP contribution in [0.4, 0.5) is 11.4 Å². The second-order valence-corrected chi connectivity index (χ2v) is 29.8. The Morgan fingerprint density at radius 3 is 1.35 bits per heavy atom. The summed E-state index contributed by atoms with van der Waals surface area (Å²) in [7, 11) is 9.69. The summed E-state index contributed by atoms with van der Waals surface area (Å²) in [5.41, 5.74) is 25.8. The Morgan fingerprint density at radius 1 is 0.490 bits per heavy atom. The number of hydrogen-bond acceptors (Lipinski definition) is 13. The molecule has 10 aliphatic carbocycles. The molecule has 5 N–H and O–H groups in total. The maximum atomic E-state index is 14.5. The second kappa shape index (κ2) is 27.1. The number of hydrogen-bond donors (Lipinski definition) is 5. The molecule has 16 nitrogen and oxygen atoms in total. The number of nitrogens with one attached hydrogen (secondary N) is 5. The van der Waals surface area contributed by atoms with E-state index in [1.165, 1.54) is 67.7 Å². The molecule has 0 radical (unpaired) electrons. The molecule has 1 atom stereocenters. The lowest BCUT2D eigenvalue weighted by molar-refractivity contribution is -0.119. The van der Waals surface area contributed by atoms with E-state index in [0.29, 0.717) is 123 Å². The number of benzene rings is 4. The van der Waals surface area contributed by atoms with Crippen molar-refractivity contribution in [1.82, 2.24) is 26.0 Å². The average molecular weight is 1330 g/mol. The molecule has 504 valence electrons. The summed E-state index contributed by atoms with van der Waals surface area (Å²) < 4.78 is 35.2. The molecule has 10 aliphatic rings. The van der Waals surface area contributed by atoms with Gasteiger partial charge in [0.25, 0.3) is 0 Å². The molecule has 1 unspecified atom stereocenters. The highest BCUT2D eigenvalue weighted by Gasteiger charge is 2.56. The van der Waals surface area contributed by atoms with Gasteiger partial charge in [-0.25, -0.2) is 0 Å². The maximum Gasteiger partial charge on any atom is 0.217 e. The number of methoxy groups -OCH3 is 6. The number of ether oxygens (including phenoxy) is 6. The number of carbonyl (C=O) groups is 1. The van der Waals surface area contributed by atoms with Gasteiger partial charge in [-0.15, -0.1) is 0 Å². The van der Waals surface area contributed by atoms with E-state index in [1.807, 2.05) is 30.3 Å². The topological polar surface area (TPSA) is 173 Å². The summed E-state index contributed by atoms with van der Waals surface area (Å²) in [5.74, 6) is 7.17. The van der Waals surface area contributed by atoms with E-state index in [9.17, 15) is 14.4 Å². The lowest BCUT2D eigenvalue weighted by Crippen LogP contribution is -2.63. The minimum Gasteiger partial charge on any atom is -0.493 e. The van der Waals surface area contributed by atoms with Gasteiger partial charge < -0.3 is 43.5 Å². The van der Waals surface area contributed by atoms with Crippen molar-refractivity contribution in [2.75, 3.05) is 53.5 Å². The van der Waals surface area contributed by atoms with E-state index < -0.39 is 6.04 Å². The molecule has 1 amide bonds. The Labute approximate surface area is 574 Å². The smallest absolute Gasteiger partial charge is 0.217 e. The summed E-state index contributed by atoms with van der Waals surface area (Å²) >= 11 is 13.0. The number of nitrogens with zero attached hydrogens (tertiary/aromatic N) is 2. The van der Waals surface area contributed by atoms with Gasteiger partial charge >= 0.3 is 0 Å². The first-order chi connectivity index (χ1) is 46.6. The van der Waals surface area contributed by atoms with E-state index in [2.05, 4.69) is 85.4 Å². The molecule has 8 fully saturated rings. The zero-order valence-electron chi connectivity index (χ0n) is 56.5. The van der Waals surface area contributed by atoms with Crippen molar-refractivity contribution < 1.29 is 33.2 Å². The van der Waals surface area contributed by atoms with Crippen molar-refractivity contribution in [1.29, 1.82) is 0 Å². The van der Waals surface area contributed by atoms with Crippen LogP contribution in [-0.2, 0) is 50.0 Å². The van der Waals surface area contributed by atoms with Crippen LogP contribution < -0.4 is 66.3 Å². The van der Waals surface area contributed by atoms with E-state index in [-0.39, 0.29) is 27.8 Å². The number of carbonyl (C=O) groups excluding carboxylic acids is 1. The molecule has 8 saturated carbocycles. The highest BCUT2D eigenvalue weighted by molar-refractivity contribution is 7.80. The highest BCUT2D eigenvalue weighted by atomic mass is 32.1. The van der Waals surface area contributed by atoms with Crippen LogP contribution in [0.25, 0.3) is 22.3 Å². The van der Waals surface area contributed by atoms with E-state index in [0.717, 1.165) is 110 Å². The number of anilines is 2. The van der Waals surface area contributed by atoms with Gasteiger partial charge in [-0.2, -0.15) is 0 Å². The van der Waals surface area contributed by atoms with Crippen molar-refractivity contribution in [2.45, 2.75) is 159 Å². The van der Waals surface area contributed by atoms with Crippen LogP contribution in [0.5, 0.6) is 34.5 Å². The van der Waals surface area contributed by atoms with Crippen molar-refractivity contribution in [3.05, 3.63) is 162 Å². The van der Waals surface area contributed by atoms with Gasteiger partial charge in [-0.05, 0) is 274 Å². The summed E-state index contributed by atoms with van der Waals surface area (Å²) in [6.45, 7) is 2.79. The van der Waals surface area contributed by atoms with Gasteiger partial charge in [-0.1, -0.05) is 60.7 Å². The molecule has 96 heavy (non-hydrogen) atoms. The van der Waals surface area contributed by atoms with Gasteiger partial charge in [-0.3, -0.25) is 36.1 Å². The lowest BCUT2D eigenvalue weighted by atomic mass is 9.52. The monoisotopic (exact) mass is 1330 g/mol. The molecule has 0 heterocycles. The zero-order chi connectivity index (χ0) is 66.6. The Hall–Kier alpha value is -8.09. The second-order valence-electron chi connectivity index (χ2n) is 29.0. The first kappa shape index (κ1) is 65.2. The predicted octanol–water partition coefficient (Wildman–Crippen LogP) is 13.5. The minimum atomic E-state index is -0.438. The first-order valence-corrected chi connectivity index (χ1v) is 35.5. The van der Waals surface area contributed by atoms with Gasteiger partial charge in [0.05, 0.1) is 48.7 Å². The van der Waals surface area contributed by atoms with Crippen LogP contribution in [-0.4, -0.2) is 79.7 Å². The summed E-state index contributed by atoms with van der Waals surface area (Å²) in [6, 6.07) is 32.7. The molecule has 0 saturated heterocycles. The molecular weight excluding hydrogens is 1240 g/mol. The molecule has 8 bridgehead atoms. The van der Waals surface area contributed by atoms with Crippen molar-refractivity contribution in [2.24, 2.45) is 35.5 Å². The van der Waals surface area contributed by atoms with E-state index in [1.54, 1.807) is 60.9 Å². The van der Waals surface area contributed by atoms with Crippen LogP contribution >= 0.6 is 24.4 Å². The third-order valence-corrected chi connectivity index (χ3v) is 23.6. The van der Waals surface area contributed by atoms with Crippen molar-refractivity contribution in [3.8, 4) is 56.8 Å². The Balaban J connectivity index is 0.695. The fraction of sp³-hybridized carbons (Fsp3) is 0.474. The van der Waals surface area contributed by atoms with Crippen LogP contribution in [0.15, 0.2) is 107 Å².